The van der Waals surface area contributed by atoms with Crippen LogP contribution in [0.3, 0.4) is 0 Å². The first-order valence-corrected chi connectivity index (χ1v) is 7.56. The van der Waals surface area contributed by atoms with Crippen molar-refractivity contribution in [2.45, 2.75) is 4.58 Å². The summed E-state index contributed by atoms with van der Waals surface area (Å²) >= 11 is 3.96. The molecule has 1 fully saturated rings. The van der Waals surface area contributed by atoms with E-state index in [4.69, 9.17) is 4.74 Å². The van der Waals surface area contributed by atoms with Gasteiger partial charge in [-0.15, -0.1) is 23.5 Å². The smallest absolute Gasteiger partial charge is 0.257 e. The van der Waals surface area contributed by atoms with Crippen LogP contribution in [0.25, 0.3) is 0 Å². The second-order valence-corrected chi connectivity index (χ2v) is 6.33. The normalized spacial score (nSPS) is 15.8. The average Bonchev–Trinajstić information content (AvgIpc) is 2.90. The molecule has 5 heteroatoms. The van der Waals surface area contributed by atoms with E-state index in [1.165, 1.54) is 17.1 Å². The molecule has 1 aromatic carbocycles. The van der Waals surface area contributed by atoms with Crippen LogP contribution < -0.4 is 10.1 Å². The Balaban J connectivity index is 1.90. The van der Waals surface area contributed by atoms with Gasteiger partial charge in [-0.2, -0.15) is 0 Å². The summed E-state index contributed by atoms with van der Waals surface area (Å²) in [5.74, 6) is 3.08. The number of amides is 1. The molecule has 17 heavy (non-hydrogen) atoms. The monoisotopic (exact) mass is 269 g/mol. The Bertz CT molecular complexity index is 375. The topological polar surface area (TPSA) is 38.3 Å². The number of likely N-dealkylation sites (N-methyl/N-ethyl adjacent to an activating group) is 1. The predicted octanol–water partition coefficient (Wildman–Crippen LogP) is 2.29. The number of carbonyl (C=O) groups is 1. The van der Waals surface area contributed by atoms with Gasteiger partial charge in [-0.05, 0) is 17.7 Å². The minimum absolute atomic E-state index is 0.0722. The lowest BCUT2D eigenvalue weighted by molar-refractivity contribution is -0.122. The van der Waals surface area contributed by atoms with Crippen LogP contribution >= 0.6 is 23.5 Å². The van der Waals surface area contributed by atoms with E-state index in [1.54, 1.807) is 7.05 Å². The Morgan fingerprint density at radius 2 is 2.00 bits per heavy atom. The van der Waals surface area contributed by atoms with Crippen molar-refractivity contribution in [2.75, 3.05) is 25.2 Å². The summed E-state index contributed by atoms with van der Waals surface area (Å²) in [7, 11) is 1.60. The minimum atomic E-state index is -0.115. The fraction of sp³-hybridized carbons (Fsp3) is 0.417. The first-order chi connectivity index (χ1) is 8.29. The largest absolute Gasteiger partial charge is 0.484 e. The maximum Gasteiger partial charge on any atom is 0.257 e. The van der Waals surface area contributed by atoms with E-state index >= 15 is 0 Å². The lowest BCUT2D eigenvalue weighted by Gasteiger charge is -2.09. The van der Waals surface area contributed by atoms with Gasteiger partial charge in [0.15, 0.2) is 6.61 Å². The zero-order valence-electron chi connectivity index (χ0n) is 9.64. The number of hydrogen-bond acceptors (Lipinski definition) is 4. The maximum atomic E-state index is 11.0. The van der Waals surface area contributed by atoms with E-state index < -0.39 is 0 Å². The molecular formula is C12H15NO2S2. The zero-order chi connectivity index (χ0) is 12.1. The van der Waals surface area contributed by atoms with E-state index in [2.05, 4.69) is 17.4 Å². The third kappa shape index (κ3) is 3.57. The number of thioether (sulfide) groups is 2. The molecule has 0 atom stereocenters. The molecule has 0 spiro atoms. The number of benzene rings is 1. The number of ether oxygens (including phenoxy) is 1. The second-order valence-electron chi connectivity index (χ2n) is 3.60. The first kappa shape index (κ1) is 12.6. The quantitative estimate of drug-likeness (QED) is 0.910. The Morgan fingerprint density at radius 3 is 2.59 bits per heavy atom. The molecule has 0 aromatic heterocycles. The molecule has 1 aromatic rings. The number of nitrogens with one attached hydrogen (secondary N) is 1. The van der Waals surface area contributed by atoms with Gasteiger partial charge < -0.3 is 10.1 Å². The first-order valence-electron chi connectivity index (χ1n) is 5.46. The molecule has 1 aliphatic rings. The fourth-order valence-corrected chi connectivity index (χ4v) is 4.35. The SMILES string of the molecule is CNC(=O)COc1ccc(C2SCCS2)cc1. The third-order valence-corrected chi connectivity index (χ3v) is 5.53. The van der Waals surface area contributed by atoms with Crippen molar-refractivity contribution >= 4 is 29.4 Å². The summed E-state index contributed by atoms with van der Waals surface area (Å²) in [6.45, 7) is 0.0722. The van der Waals surface area contributed by atoms with Gasteiger partial charge in [0.25, 0.3) is 5.91 Å². The number of hydrogen-bond donors (Lipinski definition) is 1. The summed E-state index contributed by atoms with van der Waals surface area (Å²) in [6, 6.07) is 8.01. The molecule has 2 rings (SSSR count). The van der Waals surface area contributed by atoms with Crippen LogP contribution in [0.5, 0.6) is 5.75 Å². The van der Waals surface area contributed by atoms with E-state index in [1.807, 2.05) is 35.7 Å². The van der Waals surface area contributed by atoms with Gasteiger partial charge in [-0.3, -0.25) is 4.79 Å². The van der Waals surface area contributed by atoms with Gasteiger partial charge in [-0.25, -0.2) is 0 Å². The predicted molar refractivity (Wildman–Crippen MR) is 73.7 cm³/mol. The molecule has 3 nitrogen and oxygen atoms in total. The molecule has 1 amide bonds. The van der Waals surface area contributed by atoms with Crippen LogP contribution in [0.15, 0.2) is 24.3 Å². The summed E-state index contributed by atoms with van der Waals surface area (Å²) in [5.41, 5.74) is 1.32. The highest BCUT2D eigenvalue weighted by molar-refractivity contribution is 8.19. The highest BCUT2D eigenvalue weighted by atomic mass is 32.2. The molecule has 1 aliphatic heterocycles. The van der Waals surface area contributed by atoms with Crippen molar-refractivity contribution < 1.29 is 9.53 Å². The van der Waals surface area contributed by atoms with Gasteiger partial charge in [0.05, 0.1) is 4.58 Å². The Kier molecular flexibility index (Phi) is 4.62. The van der Waals surface area contributed by atoms with E-state index in [0.717, 1.165) is 5.75 Å². The molecular weight excluding hydrogens is 254 g/mol. The summed E-state index contributed by atoms with van der Waals surface area (Å²) in [4.78, 5) is 11.0. The van der Waals surface area contributed by atoms with Crippen LogP contribution in [0.2, 0.25) is 0 Å². The highest BCUT2D eigenvalue weighted by Gasteiger charge is 2.17. The number of carbonyl (C=O) groups excluding carboxylic acids is 1. The lowest BCUT2D eigenvalue weighted by atomic mass is 10.2. The molecule has 0 bridgehead atoms. The molecule has 1 N–H and O–H groups in total. The van der Waals surface area contributed by atoms with Crippen LogP contribution in [0.1, 0.15) is 10.1 Å². The molecule has 1 heterocycles. The van der Waals surface area contributed by atoms with Crippen molar-refractivity contribution in [1.82, 2.24) is 5.32 Å². The Labute approximate surface area is 110 Å². The summed E-state index contributed by atoms with van der Waals surface area (Å²) < 4.78 is 5.91. The van der Waals surface area contributed by atoms with Crippen molar-refractivity contribution in [3.05, 3.63) is 29.8 Å². The molecule has 0 saturated carbocycles. The lowest BCUT2D eigenvalue weighted by Crippen LogP contribution is -2.24. The molecule has 92 valence electrons. The maximum absolute atomic E-state index is 11.0. The molecule has 1 saturated heterocycles. The van der Waals surface area contributed by atoms with Crippen LogP contribution in [0.4, 0.5) is 0 Å². The Hall–Kier alpha value is -0.810. The van der Waals surface area contributed by atoms with Crippen LogP contribution in [-0.4, -0.2) is 31.1 Å². The van der Waals surface area contributed by atoms with Crippen molar-refractivity contribution in [1.29, 1.82) is 0 Å². The van der Waals surface area contributed by atoms with Gasteiger partial charge in [0.2, 0.25) is 0 Å². The van der Waals surface area contributed by atoms with Gasteiger partial charge in [0, 0.05) is 18.6 Å². The van der Waals surface area contributed by atoms with Gasteiger partial charge >= 0.3 is 0 Å². The van der Waals surface area contributed by atoms with Gasteiger partial charge in [0.1, 0.15) is 5.75 Å². The van der Waals surface area contributed by atoms with Gasteiger partial charge in [-0.1, -0.05) is 12.1 Å². The average molecular weight is 269 g/mol. The second kappa shape index (κ2) is 6.21. The van der Waals surface area contributed by atoms with Crippen LogP contribution in [-0.2, 0) is 4.79 Å². The molecule has 0 unspecified atom stereocenters. The van der Waals surface area contributed by atoms with E-state index in [9.17, 15) is 4.79 Å². The molecule has 0 aliphatic carbocycles. The van der Waals surface area contributed by atoms with Crippen LogP contribution in [0, 0.1) is 0 Å². The zero-order valence-corrected chi connectivity index (χ0v) is 11.3. The number of rotatable bonds is 4. The van der Waals surface area contributed by atoms with Crippen molar-refractivity contribution in [3.8, 4) is 5.75 Å². The van der Waals surface area contributed by atoms with Crippen molar-refractivity contribution in [3.63, 3.8) is 0 Å². The summed E-state index contributed by atoms with van der Waals surface area (Å²) in [5, 5.41) is 2.52. The van der Waals surface area contributed by atoms with E-state index in [0.29, 0.717) is 4.58 Å². The summed E-state index contributed by atoms with van der Waals surface area (Å²) in [6.07, 6.45) is 0. The standard InChI is InChI=1S/C12H15NO2S2/c1-13-11(14)8-15-10-4-2-9(3-5-10)12-16-6-7-17-12/h2-5,12H,6-8H2,1H3,(H,13,14). The third-order valence-electron chi connectivity index (χ3n) is 2.42. The molecule has 0 radical (unpaired) electrons. The fourth-order valence-electron chi connectivity index (χ4n) is 1.49. The Morgan fingerprint density at radius 1 is 1.35 bits per heavy atom. The van der Waals surface area contributed by atoms with Crippen molar-refractivity contribution in [2.24, 2.45) is 0 Å². The minimum Gasteiger partial charge on any atom is -0.484 e. The highest BCUT2D eigenvalue weighted by Crippen LogP contribution is 2.45. The van der Waals surface area contributed by atoms with E-state index in [-0.39, 0.29) is 12.5 Å².